The first kappa shape index (κ1) is 18.8. The van der Waals surface area contributed by atoms with Crippen molar-refractivity contribution in [2.45, 2.75) is 38.3 Å². The van der Waals surface area contributed by atoms with E-state index in [-0.39, 0.29) is 6.10 Å². The summed E-state index contributed by atoms with van der Waals surface area (Å²) in [6, 6.07) is 8.57. The Morgan fingerprint density at radius 2 is 2.08 bits per heavy atom. The van der Waals surface area contributed by atoms with E-state index in [4.69, 9.17) is 9.47 Å². The SMILES string of the molecule is CN=C(NCC1CCN(C2CC2)C1)NCC(C)Oc1cccc(OC)c1. The maximum absolute atomic E-state index is 5.95. The van der Waals surface area contributed by atoms with Gasteiger partial charge in [0.2, 0.25) is 0 Å². The molecule has 6 nitrogen and oxygen atoms in total. The largest absolute Gasteiger partial charge is 0.497 e. The highest BCUT2D eigenvalue weighted by atomic mass is 16.5. The van der Waals surface area contributed by atoms with Gasteiger partial charge in [0.25, 0.3) is 0 Å². The average Bonchev–Trinajstić information content (AvgIpc) is 3.40. The van der Waals surface area contributed by atoms with Crippen LogP contribution in [-0.2, 0) is 0 Å². The molecule has 3 rings (SSSR count). The number of ether oxygens (including phenoxy) is 2. The zero-order chi connectivity index (χ0) is 18.4. The lowest BCUT2D eigenvalue weighted by Crippen LogP contribution is -2.43. The molecule has 1 saturated carbocycles. The van der Waals surface area contributed by atoms with Gasteiger partial charge in [0.1, 0.15) is 17.6 Å². The van der Waals surface area contributed by atoms with Crippen molar-refractivity contribution in [2.75, 3.05) is 40.3 Å². The maximum atomic E-state index is 5.95. The Morgan fingerprint density at radius 1 is 1.27 bits per heavy atom. The van der Waals surface area contributed by atoms with Crippen molar-refractivity contribution in [3.05, 3.63) is 24.3 Å². The van der Waals surface area contributed by atoms with Crippen molar-refractivity contribution in [1.29, 1.82) is 0 Å². The lowest BCUT2D eigenvalue weighted by molar-refractivity contribution is 0.223. The first-order valence-electron chi connectivity index (χ1n) is 9.67. The molecule has 144 valence electrons. The smallest absolute Gasteiger partial charge is 0.191 e. The summed E-state index contributed by atoms with van der Waals surface area (Å²) in [7, 11) is 3.47. The van der Waals surface area contributed by atoms with Crippen LogP contribution >= 0.6 is 0 Å². The summed E-state index contributed by atoms with van der Waals surface area (Å²) in [6.45, 7) is 6.20. The van der Waals surface area contributed by atoms with Gasteiger partial charge in [-0.15, -0.1) is 0 Å². The van der Waals surface area contributed by atoms with Gasteiger partial charge < -0.3 is 25.0 Å². The van der Waals surface area contributed by atoms with Gasteiger partial charge in [-0.05, 0) is 50.8 Å². The molecule has 26 heavy (non-hydrogen) atoms. The highest BCUT2D eigenvalue weighted by Gasteiger charge is 2.34. The molecule has 0 spiro atoms. The number of nitrogens with one attached hydrogen (secondary N) is 2. The molecular formula is C20H32N4O2. The fourth-order valence-corrected chi connectivity index (χ4v) is 3.45. The predicted molar refractivity (Wildman–Crippen MR) is 105 cm³/mol. The number of guanidine groups is 1. The molecule has 2 N–H and O–H groups in total. The topological polar surface area (TPSA) is 58.1 Å². The van der Waals surface area contributed by atoms with E-state index in [1.807, 2.05) is 38.2 Å². The van der Waals surface area contributed by atoms with E-state index in [1.165, 1.54) is 32.4 Å². The average molecular weight is 361 g/mol. The zero-order valence-electron chi connectivity index (χ0n) is 16.2. The lowest BCUT2D eigenvalue weighted by Gasteiger charge is -2.19. The van der Waals surface area contributed by atoms with Gasteiger partial charge in [0.05, 0.1) is 13.7 Å². The summed E-state index contributed by atoms with van der Waals surface area (Å²) in [5, 5.41) is 6.82. The molecule has 0 radical (unpaired) electrons. The van der Waals surface area contributed by atoms with Crippen molar-refractivity contribution in [2.24, 2.45) is 10.9 Å². The molecule has 0 bridgehead atoms. The van der Waals surface area contributed by atoms with Crippen LogP contribution in [0.2, 0.25) is 0 Å². The molecule has 1 aliphatic heterocycles. The first-order chi connectivity index (χ1) is 12.7. The van der Waals surface area contributed by atoms with E-state index in [1.54, 1.807) is 7.11 Å². The monoisotopic (exact) mass is 360 g/mol. The summed E-state index contributed by atoms with van der Waals surface area (Å²) in [5.41, 5.74) is 0. The summed E-state index contributed by atoms with van der Waals surface area (Å²) >= 11 is 0. The van der Waals surface area contributed by atoms with E-state index in [2.05, 4.69) is 20.5 Å². The van der Waals surface area contributed by atoms with Crippen LogP contribution in [0.3, 0.4) is 0 Å². The van der Waals surface area contributed by atoms with E-state index in [9.17, 15) is 0 Å². The van der Waals surface area contributed by atoms with Crippen LogP contribution in [0.25, 0.3) is 0 Å². The predicted octanol–water partition coefficient (Wildman–Crippen LogP) is 2.11. The molecule has 2 aliphatic rings. The van der Waals surface area contributed by atoms with E-state index < -0.39 is 0 Å². The Balaban J connectivity index is 1.36. The molecule has 1 aliphatic carbocycles. The third kappa shape index (κ3) is 5.53. The Hall–Kier alpha value is -1.95. The van der Waals surface area contributed by atoms with Crippen LogP contribution in [0.1, 0.15) is 26.2 Å². The highest BCUT2D eigenvalue weighted by molar-refractivity contribution is 5.79. The Bertz CT molecular complexity index is 603. The highest BCUT2D eigenvalue weighted by Crippen LogP contribution is 2.31. The molecule has 1 aromatic carbocycles. The minimum atomic E-state index is 0.0255. The number of nitrogens with zero attached hydrogens (tertiary/aromatic N) is 2. The Morgan fingerprint density at radius 3 is 2.81 bits per heavy atom. The van der Waals surface area contributed by atoms with Gasteiger partial charge in [-0.2, -0.15) is 0 Å². The number of likely N-dealkylation sites (tertiary alicyclic amines) is 1. The standard InChI is InChI=1S/C20H32N4O2/c1-15(26-19-6-4-5-18(11-19)25-3)12-22-20(21-2)23-13-16-9-10-24(14-16)17-7-8-17/h4-6,11,15-17H,7-10,12-14H2,1-3H3,(H2,21,22,23). The Labute approximate surface area is 157 Å². The van der Waals surface area contributed by atoms with E-state index >= 15 is 0 Å². The van der Waals surface area contributed by atoms with Crippen molar-refractivity contribution in [3.8, 4) is 11.5 Å². The summed E-state index contributed by atoms with van der Waals surface area (Å²) in [4.78, 5) is 6.97. The molecular weight excluding hydrogens is 328 g/mol. The summed E-state index contributed by atoms with van der Waals surface area (Å²) in [5.74, 6) is 3.18. The summed E-state index contributed by atoms with van der Waals surface area (Å²) in [6.07, 6.45) is 4.11. The van der Waals surface area contributed by atoms with Crippen LogP contribution in [0.15, 0.2) is 29.3 Å². The number of benzene rings is 1. The molecule has 0 aromatic heterocycles. The van der Waals surface area contributed by atoms with Crippen molar-refractivity contribution in [1.82, 2.24) is 15.5 Å². The quantitative estimate of drug-likeness (QED) is 0.549. The van der Waals surface area contributed by atoms with Gasteiger partial charge >= 0.3 is 0 Å². The van der Waals surface area contributed by atoms with Crippen LogP contribution in [0.5, 0.6) is 11.5 Å². The van der Waals surface area contributed by atoms with Gasteiger partial charge in [0.15, 0.2) is 5.96 Å². The van der Waals surface area contributed by atoms with Crippen LogP contribution < -0.4 is 20.1 Å². The number of aliphatic imine (C=N–C) groups is 1. The van der Waals surface area contributed by atoms with Crippen molar-refractivity contribution < 1.29 is 9.47 Å². The lowest BCUT2D eigenvalue weighted by atomic mass is 10.1. The third-order valence-corrected chi connectivity index (χ3v) is 5.10. The second kappa shape index (κ2) is 9.12. The van der Waals surface area contributed by atoms with Crippen LogP contribution in [-0.4, -0.2) is 63.3 Å². The normalized spacial score (nSPS) is 22.1. The second-order valence-electron chi connectivity index (χ2n) is 7.32. The van der Waals surface area contributed by atoms with Crippen molar-refractivity contribution >= 4 is 5.96 Å². The van der Waals surface area contributed by atoms with Crippen LogP contribution in [0.4, 0.5) is 0 Å². The summed E-state index contributed by atoms with van der Waals surface area (Å²) < 4.78 is 11.2. The Kier molecular flexibility index (Phi) is 6.61. The van der Waals surface area contributed by atoms with Crippen molar-refractivity contribution in [3.63, 3.8) is 0 Å². The minimum Gasteiger partial charge on any atom is -0.497 e. The molecule has 0 amide bonds. The number of hydrogen-bond donors (Lipinski definition) is 2. The van der Waals surface area contributed by atoms with Gasteiger partial charge in [-0.1, -0.05) is 6.07 Å². The van der Waals surface area contributed by atoms with E-state index in [0.717, 1.165) is 36.0 Å². The zero-order valence-corrected chi connectivity index (χ0v) is 16.2. The molecule has 2 unspecified atom stereocenters. The molecule has 1 saturated heterocycles. The molecule has 1 heterocycles. The number of methoxy groups -OCH3 is 1. The maximum Gasteiger partial charge on any atom is 0.191 e. The molecule has 1 aromatic rings. The first-order valence-corrected chi connectivity index (χ1v) is 9.67. The second-order valence-corrected chi connectivity index (χ2v) is 7.32. The third-order valence-electron chi connectivity index (χ3n) is 5.10. The molecule has 2 atom stereocenters. The van der Waals surface area contributed by atoms with Gasteiger partial charge in [0, 0.05) is 32.2 Å². The number of hydrogen-bond acceptors (Lipinski definition) is 4. The van der Waals surface area contributed by atoms with Gasteiger partial charge in [-0.25, -0.2) is 0 Å². The minimum absolute atomic E-state index is 0.0255. The molecule has 6 heteroatoms. The van der Waals surface area contributed by atoms with Gasteiger partial charge in [-0.3, -0.25) is 4.99 Å². The fourth-order valence-electron chi connectivity index (χ4n) is 3.45. The number of rotatable bonds is 8. The van der Waals surface area contributed by atoms with E-state index in [0.29, 0.717) is 6.54 Å². The molecule has 2 fully saturated rings. The fraction of sp³-hybridized carbons (Fsp3) is 0.650. The van der Waals surface area contributed by atoms with Crippen LogP contribution in [0, 0.1) is 5.92 Å².